The lowest BCUT2D eigenvalue weighted by molar-refractivity contribution is 0.0815. The van der Waals surface area contributed by atoms with Crippen LogP contribution in [-0.4, -0.2) is 44.9 Å². The molecule has 1 amide bonds. The summed E-state index contributed by atoms with van der Waals surface area (Å²) in [5, 5.41) is 24.0. The zero-order chi connectivity index (χ0) is 14.0. The van der Waals surface area contributed by atoms with Crippen LogP contribution in [0.15, 0.2) is 16.3 Å². The Labute approximate surface area is 114 Å². The van der Waals surface area contributed by atoms with Crippen molar-refractivity contribution in [1.29, 1.82) is 0 Å². The SMILES string of the molecule is NS(=O)(=O)c1ccsc1C(=O)NC1CNC(O)CN1. The molecule has 19 heavy (non-hydrogen) atoms. The highest BCUT2D eigenvalue weighted by Crippen LogP contribution is 2.20. The normalized spacial score (nSPS) is 24.1. The van der Waals surface area contributed by atoms with E-state index in [0.717, 1.165) is 11.3 Å². The average molecular weight is 306 g/mol. The molecule has 6 N–H and O–H groups in total. The Morgan fingerprint density at radius 2 is 2.21 bits per heavy atom. The summed E-state index contributed by atoms with van der Waals surface area (Å²) < 4.78 is 22.6. The van der Waals surface area contributed by atoms with Gasteiger partial charge >= 0.3 is 0 Å². The van der Waals surface area contributed by atoms with Crippen molar-refractivity contribution >= 4 is 27.3 Å². The van der Waals surface area contributed by atoms with Crippen molar-refractivity contribution < 1.29 is 18.3 Å². The van der Waals surface area contributed by atoms with Gasteiger partial charge in [0.1, 0.15) is 16.0 Å². The number of aliphatic hydroxyl groups excluding tert-OH is 1. The van der Waals surface area contributed by atoms with E-state index in [1.807, 2.05) is 0 Å². The number of carbonyl (C=O) groups excluding carboxylic acids is 1. The van der Waals surface area contributed by atoms with Gasteiger partial charge in [-0.15, -0.1) is 11.3 Å². The number of thiophene rings is 1. The van der Waals surface area contributed by atoms with Crippen LogP contribution in [0.5, 0.6) is 0 Å². The molecule has 0 aromatic carbocycles. The van der Waals surface area contributed by atoms with E-state index in [-0.39, 0.29) is 22.5 Å². The second-order valence-corrected chi connectivity index (χ2v) is 6.46. The summed E-state index contributed by atoms with van der Waals surface area (Å²) in [5.41, 5.74) is 0. The van der Waals surface area contributed by atoms with Crippen molar-refractivity contribution in [3.8, 4) is 0 Å². The number of primary sulfonamides is 1. The number of aliphatic hydroxyl groups is 1. The van der Waals surface area contributed by atoms with E-state index in [1.54, 1.807) is 0 Å². The van der Waals surface area contributed by atoms with Gasteiger partial charge in [0.25, 0.3) is 5.91 Å². The van der Waals surface area contributed by atoms with Crippen LogP contribution >= 0.6 is 11.3 Å². The van der Waals surface area contributed by atoms with Gasteiger partial charge in [-0.05, 0) is 11.4 Å². The van der Waals surface area contributed by atoms with Gasteiger partial charge in [-0.3, -0.25) is 15.4 Å². The Kier molecular flexibility index (Phi) is 4.18. The molecular weight excluding hydrogens is 292 g/mol. The summed E-state index contributed by atoms with van der Waals surface area (Å²) in [5.74, 6) is -0.519. The van der Waals surface area contributed by atoms with Crippen LogP contribution < -0.4 is 21.1 Å². The van der Waals surface area contributed by atoms with Crippen molar-refractivity contribution in [3.63, 3.8) is 0 Å². The van der Waals surface area contributed by atoms with Gasteiger partial charge in [0.15, 0.2) is 0 Å². The number of piperazine rings is 1. The average Bonchev–Trinajstić information content (AvgIpc) is 2.81. The van der Waals surface area contributed by atoms with Crippen LogP contribution in [0.4, 0.5) is 0 Å². The topological polar surface area (TPSA) is 134 Å². The van der Waals surface area contributed by atoms with Gasteiger partial charge in [-0.25, -0.2) is 13.6 Å². The lowest BCUT2D eigenvalue weighted by atomic mass is 10.3. The molecule has 2 heterocycles. The lowest BCUT2D eigenvalue weighted by Crippen LogP contribution is -2.60. The highest BCUT2D eigenvalue weighted by molar-refractivity contribution is 7.89. The maximum absolute atomic E-state index is 12.0. The molecule has 1 aromatic rings. The summed E-state index contributed by atoms with van der Waals surface area (Å²) >= 11 is 1.00. The summed E-state index contributed by atoms with van der Waals surface area (Å²) in [6.07, 6.45) is -1.04. The predicted molar refractivity (Wildman–Crippen MR) is 69.0 cm³/mol. The van der Waals surface area contributed by atoms with Gasteiger partial charge in [-0.2, -0.15) is 0 Å². The number of sulfonamides is 1. The molecule has 1 aliphatic heterocycles. The molecule has 106 valence electrons. The third kappa shape index (κ3) is 3.49. The quantitative estimate of drug-likeness (QED) is 0.437. The molecule has 8 nitrogen and oxygen atoms in total. The highest BCUT2D eigenvalue weighted by atomic mass is 32.2. The molecule has 2 unspecified atom stereocenters. The molecular formula is C9H14N4O4S2. The van der Waals surface area contributed by atoms with E-state index >= 15 is 0 Å². The largest absolute Gasteiger partial charge is 0.377 e. The zero-order valence-corrected chi connectivity index (χ0v) is 11.4. The summed E-state index contributed by atoms with van der Waals surface area (Å²) in [6.45, 7) is 0.625. The van der Waals surface area contributed by atoms with E-state index in [1.165, 1.54) is 11.4 Å². The molecule has 1 saturated heterocycles. The Bertz CT molecular complexity index is 563. The maximum atomic E-state index is 12.0. The van der Waals surface area contributed by atoms with Crippen LogP contribution in [0.25, 0.3) is 0 Å². The minimum atomic E-state index is -3.91. The molecule has 10 heteroatoms. The van der Waals surface area contributed by atoms with Gasteiger partial charge in [0.05, 0.1) is 6.17 Å². The first-order valence-corrected chi connectivity index (χ1v) is 7.86. The molecule has 1 fully saturated rings. The Balaban J connectivity index is 2.07. The number of hydrogen-bond acceptors (Lipinski definition) is 7. The number of carbonyl (C=O) groups is 1. The zero-order valence-electron chi connectivity index (χ0n) is 9.79. The summed E-state index contributed by atoms with van der Waals surface area (Å²) in [7, 11) is -3.91. The Morgan fingerprint density at radius 1 is 1.47 bits per heavy atom. The fourth-order valence-corrected chi connectivity index (χ4v) is 3.54. The monoisotopic (exact) mass is 306 g/mol. The standard InChI is InChI=1S/C9H14N4O4S2/c10-19(16,17)5-1-2-18-8(5)9(15)13-6-3-12-7(14)4-11-6/h1-2,6-7,11-12,14H,3-4H2,(H,13,15)(H2,10,16,17). The van der Waals surface area contributed by atoms with Crippen LogP contribution in [0.1, 0.15) is 9.67 Å². The van der Waals surface area contributed by atoms with Crippen molar-refractivity contribution in [3.05, 3.63) is 16.3 Å². The number of nitrogens with one attached hydrogen (secondary N) is 3. The first-order valence-electron chi connectivity index (χ1n) is 5.44. The van der Waals surface area contributed by atoms with E-state index in [2.05, 4.69) is 16.0 Å². The van der Waals surface area contributed by atoms with Gasteiger partial charge in [-0.1, -0.05) is 0 Å². The molecule has 0 saturated carbocycles. The molecule has 2 atom stereocenters. The first kappa shape index (κ1) is 14.4. The van der Waals surface area contributed by atoms with E-state index < -0.39 is 22.2 Å². The molecule has 0 radical (unpaired) electrons. The minimum absolute atomic E-state index is 0.0513. The molecule has 0 aliphatic carbocycles. The summed E-state index contributed by atoms with van der Waals surface area (Å²) in [6, 6.07) is 1.30. The molecule has 1 aromatic heterocycles. The van der Waals surface area contributed by atoms with E-state index in [9.17, 15) is 18.3 Å². The highest BCUT2D eigenvalue weighted by Gasteiger charge is 2.24. The second-order valence-electron chi connectivity index (χ2n) is 4.02. The number of hydrogen-bond donors (Lipinski definition) is 5. The van der Waals surface area contributed by atoms with Crippen molar-refractivity contribution in [2.24, 2.45) is 5.14 Å². The Morgan fingerprint density at radius 3 is 2.79 bits per heavy atom. The minimum Gasteiger partial charge on any atom is -0.377 e. The van der Waals surface area contributed by atoms with Crippen molar-refractivity contribution in [2.75, 3.05) is 13.1 Å². The number of β-amino-alcohol motifs (C(OH)–C–C–N with tert-alkyl or cyclic N) is 1. The first-order chi connectivity index (χ1) is 8.88. The fourth-order valence-electron chi connectivity index (χ4n) is 1.67. The molecule has 2 rings (SSSR count). The number of amides is 1. The van der Waals surface area contributed by atoms with E-state index in [0.29, 0.717) is 6.54 Å². The van der Waals surface area contributed by atoms with Crippen LogP contribution in [0, 0.1) is 0 Å². The second kappa shape index (κ2) is 5.53. The molecule has 1 aliphatic rings. The third-order valence-electron chi connectivity index (χ3n) is 2.56. The fraction of sp³-hybridized carbons (Fsp3) is 0.444. The van der Waals surface area contributed by atoms with Crippen LogP contribution in [-0.2, 0) is 10.0 Å². The molecule has 0 spiro atoms. The summed E-state index contributed by atoms with van der Waals surface area (Å²) in [4.78, 5) is 11.8. The Hall–Kier alpha value is -1.04. The van der Waals surface area contributed by atoms with Gasteiger partial charge in [0.2, 0.25) is 10.0 Å². The van der Waals surface area contributed by atoms with Gasteiger partial charge in [0, 0.05) is 13.1 Å². The van der Waals surface area contributed by atoms with E-state index in [4.69, 9.17) is 5.14 Å². The predicted octanol–water partition coefficient (Wildman–Crippen LogP) is -2.04. The third-order valence-corrected chi connectivity index (χ3v) is 4.56. The van der Waals surface area contributed by atoms with Crippen molar-refractivity contribution in [2.45, 2.75) is 17.3 Å². The number of nitrogens with two attached hydrogens (primary N) is 1. The number of rotatable bonds is 3. The smallest absolute Gasteiger partial charge is 0.264 e. The lowest BCUT2D eigenvalue weighted by Gasteiger charge is -2.28. The van der Waals surface area contributed by atoms with Crippen LogP contribution in [0.2, 0.25) is 0 Å². The van der Waals surface area contributed by atoms with Crippen molar-refractivity contribution in [1.82, 2.24) is 16.0 Å². The van der Waals surface area contributed by atoms with Gasteiger partial charge < -0.3 is 10.4 Å². The van der Waals surface area contributed by atoms with Crippen LogP contribution in [0.3, 0.4) is 0 Å². The maximum Gasteiger partial charge on any atom is 0.264 e. The molecule has 0 bridgehead atoms.